The second kappa shape index (κ2) is 5.85. The first-order valence-electron chi connectivity index (χ1n) is 6.12. The zero-order valence-electron chi connectivity index (χ0n) is 10.9. The van der Waals surface area contributed by atoms with E-state index < -0.39 is 0 Å². The summed E-state index contributed by atoms with van der Waals surface area (Å²) in [6.07, 6.45) is 2.41. The third-order valence-corrected chi connectivity index (χ3v) is 3.15. The maximum absolute atomic E-state index is 12.2. The quantitative estimate of drug-likeness (QED) is 0.923. The van der Waals surface area contributed by atoms with Crippen LogP contribution in [0.25, 0.3) is 0 Å². The molecule has 4 heteroatoms. The van der Waals surface area contributed by atoms with E-state index in [1.807, 2.05) is 25.1 Å². The molecule has 0 radical (unpaired) electrons. The van der Waals surface area contributed by atoms with E-state index in [4.69, 9.17) is 11.6 Å². The van der Waals surface area contributed by atoms with Gasteiger partial charge in [-0.1, -0.05) is 30.7 Å². The molecule has 3 nitrogen and oxygen atoms in total. The number of rotatable bonds is 3. The molecule has 1 aromatic carbocycles. The molecule has 0 aliphatic rings. The molecule has 2 aromatic rings. The fraction of sp³-hybridized carbons (Fsp3) is 0.200. The highest BCUT2D eigenvalue weighted by atomic mass is 35.5. The molecular weight excluding hydrogens is 260 g/mol. The first-order chi connectivity index (χ1) is 9.10. The van der Waals surface area contributed by atoms with E-state index in [0.717, 1.165) is 17.5 Å². The summed E-state index contributed by atoms with van der Waals surface area (Å²) in [4.78, 5) is 16.3. The summed E-state index contributed by atoms with van der Waals surface area (Å²) in [7, 11) is 0. The average Bonchev–Trinajstić information content (AvgIpc) is 2.42. The molecule has 0 bridgehead atoms. The van der Waals surface area contributed by atoms with E-state index in [1.54, 1.807) is 12.1 Å². The van der Waals surface area contributed by atoms with E-state index in [2.05, 4.69) is 17.2 Å². The minimum Gasteiger partial charge on any atom is -0.307 e. The van der Waals surface area contributed by atoms with E-state index >= 15 is 0 Å². The fourth-order valence-corrected chi connectivity index (χ4v) is 1.88. The lowest BCUT2D eigenvalue weighted by Crippen LogP contribution is -2.14. The summed E-state index contributed by atoms with van der Waals surface area (Å²) in [6, 6.07) is 9.29. The summed E-state index contributed by atoms with van der Waals surface area (Å²) in [5.41, 5.74) is 2.76. The summed E-state index contributed by atoms with van der Waals surface area (Å²) in [6.45, 7) is 3.98. The third-order valence-electron chi connectivity index (χ3n) is 2.92. The monoisotopic (exact) mass is 274 g/mol. The fourth-order valence-electron chi connectivity index (χ4n) is 1.77. The number of benzene rings is 1. The van der Waals surface area contributed by atoms with E-state index in [0.29, 0.717) is 16.4 Å². The molecule has 0 saturated heterocycles. The Kier molecular flexibility index (Phi) is 4.17. The van der Waals surface area contributed by atoms with Crippen molar-refractivity contribution in [3.05, 3.63) is 58.2 Å². The molecule has 0 aliphatic heterocycles. The molecule has 0 fully saturated rings. The molecule has 0 unspecified atom stereocenters. The maximum atomic E-state index is 12.2. The standard InChI is InChI=1S/C15H15ClN2O/c1-3-11-5-4-10(2)13(8-11)15(19)18-14-7-6-12(16)9-17-14/h4-9H,3H2,1-2H3,(H,17,18,19). The van der Waals surface area contributed by atoms with Crippen LogP contribution in [0, 0.1) is 6.92 Å². The van der Waals surface area contributed by atoms with E-state index in [1.165, 1.54) is 6.20 Å². The van der Waals surface area contributed by atoms with Crippen LogP contribution in [-0.2, 0) is 6.42 Å². The molecule has 1 heterocycles. The van der Waals surface area contributed by atoms with Gasteiger partial charge < -0.3 is 5.32 Å². The number of aryl methyl sites for hydroxylation is 2. The Morgan fingerprint density at radius 3 is 2.74 bits per heavy atom. The van der Waals surface area contributed by atoms with Crippen molar-refractivity contribution in [1.29, 1.82) is 0 Å². The van der Waals surface area contributed by atoms with Crippen LogP contribution in [0.3, 0.4) is 0 Å². The minimum absolute atomic E-state index is 0.150. The normalized spacial score (nSPS) is 10.3. The van der Waals surface area contributed by atoms with Gasteiger partial charge in [0, 0.05) is 11.8 Å². The summed E-state index contributed by atoms with van der Waals surface area (Å²) >= 11 is 5.75. The maximum Gasteiger partial charge on any atom is 0.257 e. The Balaban J connectivity index is 2.22. The smallest absolute Gasteiger partial charge is 0.257 e. The zero-order chi connectivity index (χ0) is 13.8. The van der Waals surface area contributed by atoms with Gasteiger partial charge in [0.25, 0.3) is 5.91 Å². The molecule has 1 N–H and O–H groups in total. The lowest BCUT2D eigenvalue weighted by atomic mass is 10.0. The van der Waals surface area contributed by atoms with Gasteiger partial charge in [0.15, 0.2) is 0 Å². The molecule has 2 rings (SSSR count). The topological polar surface area (TPSA) is 42.0 Å². The number of carbonyl (C=O) groups is 1. The Hall–Kier alpha value is -1.87. The van der Waals surface area contributed by atoms with Gasteiger partial charge in [0.2, 0.25) is 0 Å². The second-order valence-electron chi connectivity index (χ2n) is 4.32. The average molecular weight is 275 g/mol. The number of anilines is 1. The zero-order valence-corrected chi connectivity index (χ0v) is 11.7. The van der Waals surface area contributed by atoms with Crippen molar-refractivity contribution in [2.75, 3.05) is 5.32 Å². The van der Waals surface area contributed by atoms with Crippen LogP contribution < -0.4 is 5.32 Å². The van der Waals surface area contributed by atoms with Crippen molar-refractivity contribution in [2.45, 2.75) is 20.3 Å². The number of halogens is 1. The SMILES string of the molecule is CCc1ccc(C)c(C(=O)Nc2ccc(Cl)cn2)c1. The van der Waals surface area contributed by atoms with Crippen LogP contribution in [0.1, 0.15) is 28.4 Å². The van der Waals surface area contributed by atoms with Crippen molar-refractivity contribution >= 4 is 23.3 Å². The lowest BCUT2D eigenvalue weighted by molar-refractivity contribution is 0.102. The molecule has 19 heavy (non-hydrogen) atoms. The molecule has 0 aliphatic carbocycles. The number of carbonyl (C=O) groups excluding carboxylic acids is 1. The second-order valence-corrected chi connectivity index (χ2v) is 4.76. The predicted octanol–water partition coefficient (Wildman–Crippen LogP) is 3.86. The molecule has 0 spiro atoms. The van der Waals surface area contributed by atoms with Crippen LogP contribution in [0.2, 0.25) is 5.02 Å². The Labute approximate surface area is 117 Å². The van der Waals surface area contributed by atoms with Gasteiger partial charge in [0.1, 0.15) is 5.82 Å². The summed E-state index contributed by atoms with van der Waals surface area (Å²) < 4.78 is 0. The molecule has 98 valence electrons. The first kappa shape index (κ1) is 13.6. The largest absolute Gasteiger partial charge is 0.307 e. The molecule has 1 aromatic heterocycles. The highest BCUT2D eigenvalue weighted by molar-refractivity contribution is 6.30. The van der Waals surface area contributed by atoms with Crippen LogP contribution in [0.4, 0.5) is 5.82 Å². The van der Waals surface area contributed by atoms with Gasteiger partial charge in [-0.25, -0.2) is 4.98 Å². The van der Waals surface area contributed by atoms with E-state index in [-0.39, 0.29) is 5.91 Å². The minimum atomic E-state index is -0.150. The highest BCUT2D eigenvalue weighted by Crippen LogP contribution is 2.15. The van der Waals surface area contributed by atoms with Crippen molar-refractivity contribution in [1.82, 2.24) is 4.98 Å². The van der Waals surface area contributed by atoms with Crippen LogP contribution in [-0.4, -0.2) is 10.9 Å². The first-order valence-corrected chi connectivity index (χ1v) is 6.50. The van der Waals surface area contributed by atoms with Crippen molar-refractivity contribution in [3.63, 3.8) is 0 Å². The van der Waals surface area contributed by atoms with Crippen molar-refractivity contribution in [3.8, 4) is 0 Å². The van der Waals surface area contributed by atoms with Crippen molar-refractivity contribution in [2.24, 2.45) is 0 Å². The van der Waals surface area contributed by atoms with Gasteiger partial charge in [0.05, 0.1) is 5.02 Å². The highest BCUT2D eigenvalue weighted by Gasteiger charge is 2.10. The van der Waals surface area contributed by atoms with Gasteiger partial charge in [-0.3, -0.25) is 4.79 Å². The number of amides is 1. The van der Waals surface area contributed by atoms with Gasteiger partial charge in [-0.2, -0.15) is 0 Å². The van der Waals surface area contributed by atoms with Crippen LogP contribution in [0.5, 0.6) is 0 Å². The number of nitrogens with zero attached hydrogens (tertiary/aromatic N) is 1. The number of nitrogens with one attached hydrogen (secondary N) is 1. The molecule has 0 atom stereocenters. The number of aromatic nitrogens is 1. The summed E-state index contributed by atoms with van der Waals surface area (Å²) in [5.74, 6) is 0.346. The molecular formula is C15H15ClN2O. The lowest BCUT2D eigenvalue weighted by Gasteiger charge is -2.08. The Morgan fingerprint density at radius 1 is 1.32 bits per heavy atom. The Morgan fingerprint density at radius 2 is 2.11 bits per heavy atom. The molecule has 1 amide bonds. The van der Waals surface area contributed by atoms with E-state index in [9.17, 15) is 4.79 Å². The van der Waals surface area contributed by atoms with Crippen molar-refractivity contribution < 1.29 is 4.79 Å². The van der Waals surface area contributed by atoms with Gasteiger partial charge in [-0.15, -0.1) is 0 Å². The Bertz CT molecular complexity index is 594. The number of hydrogen-bond donors (Lipinski definition) is 1. The predicted molar refractivity (Wildman–Crippen MR) is 77.8 cm³/mol. The third kappa shape index (κ3) is 3.32. The van der Waals surface area contributed by atoms with Gasteiger partial charge >= 0.3 is 0 Å². The van der Waals surface area contributed by atoms with Gasteiger partial charge in [-0.05, 0) is 42.7 Å². The van der Waals surface area contributed by atoms with Crippen LogP contribution in [0.15, 0.2) is 36.5 Å². The van der Waals surface area contributed by atoms with Crippen LogP contribution >= 0.6 is 11.6 Å². The number of pyridine rings is 1. The summed E-state index contributed by atoms with van der Waals surface area (Å²) in [5, 5.41) is 3.31. The molecule has 0 saturated carbocycles. The number of hydrogen-bond acceptors (Lipinski definition) is 2.